The molecule has 1 fully saturated rings. The van der Waals surface area contributed by atoms with Gasteiger partial charge >= 0.3 is 0 Å². The number of aromatic nitrogens is 1. The first-order valence-corrected chi connectivity index (χ1v) is 10.4. The highest BCUT2D eigenvalue weighted by atomic mass is 16.6. The van der Waals surface area contributed by atoms with Crippen LogP contribution >= 0.6 is 0 Å². The van der Waals surface area contributed by atoms with Crippen LogP contribution in [0.3, 0.4) is 0 Å². The number of amides is 2. The lowest BCUT2D eigenvalue weighted by Crippen LogP contribution is -2.48. The van der Waals surface area contributed by atoms with E-state index in [0.29, 0.717) is 17.4 Å². The predicted molar refractivity (Wildman–Crippen MR) is 120 cm³/mol. The zero-order valence-corrected chi connectivity index (χ0v) is 17.4. The van der Waals surface area contributed by atoms with Gasteiger partial charge in [0.25, 0.3) is 11.6 Å². The Morgan fingerprint density at radius 2 is 1.78 bits per heavy atom. The zero-order valence-electron chi connectivity index (χ0n) is 17.4. The van der Waals surface area contributed by atoms with E-state index in [0.717, 1.165) is 26.2 Å². The molecule has 0 radical (unpaired) electrons. The number of H-pyrrole nitrogens is 1. The minimum Gasteiger partial charge on any atom is -0.369 e. The van der Waals surface area contributed by atoms with Gasteiger partial charge in [0.2, 0.25) is 5.91 Å². The van der Waals surface area contributed by atoms with Crippen molar-refractivity contribution in [1.29, 1.82) is 0 Å². The average Bonchev–Trinajstić information content (AvgIpc) is 3.25. The van der Waals surface area contributed by atoms with Gasteiger partial charge in [0.05, 0.1) is 10.5 Å². The Hall–Kier alpha value is -3.92. The Morgan fingerprint density at radius 3 is 2.50 bits per heavy atom. The van der Waals surface area contributed by atoms with Crippen LogP contribution in [0, 0.1) is 10.1 Å². The van der Waals surface area contributed by atoms with E-state index in [-0.39, 0.29) is 23.6 Å². The summed E-state index contributed by atoms with van der Waals surface area (Å²) in [5, 5.41) is 11.4. The molecular weight excluding hydrogens is 412 g/mol. The number of fused-ring (bicyclic) bond motifs is 1. The van der Waals surface area contributed by atoms with Crippen molar-refractivity contribution in [3.63, 3.8) is 0 Å². The number of carbonyl (C=O) groups excluding carboxylic acids is 2. The van der Waals surface area contributed by atoms with Crippen LogP contribution in [0.1, 0.15) is 16.8 Å². The van der Waals surface area contributed by atoms with Gasteiger partial charge in [-0.15, -0.1) is 0 Å². The van der Waals surface area contributed by atoms with Crippen molar-refractivity contribution in [3.8, 4) is 0 Å². The third kappa shape index (κ3) is 4.86. The number of nitrogens with zero attached hydrogens (tertiary/aromatic N) is 3. The number of hydrazine groups is 1. The Labute approximate surface area is 184 Å². The van der Waals surface area contributed by atoms with Gasteiger partial charge in [-0.3, -0.25) is 35.5 Å². The van der Waals surface area contributed by atoms with Gasteiger partial charge in [-0.05, 0) is 18.2 Å². The molecule has 2 amide bonds. The number of aromatic amines is 1. The van der Waals surface area contributed by atoms with Crippen LogP contribution in [0.5, 0.6) is 0 Å². The van der Waals surface area contributed by atoms with E-state index in [1.807, 2.05) is 18.2 Å². The Kier molecular flexibility index (Phi) is 6.31. The minimum absolute atomic E-state index is 0.109. The number of nitro benzene ring substituents is 1. The molecule has 1 saturated heterocycles. The monoisotopic (exact) mass is 436 g/mol. The average molecular weight is 436 g/mol. The molecule has 1 aliphatic heterocycles. The van der Waals surface area contributed by atoms with Crippen molar-refractivity contribution in [2.45, 2.75) is 6.42 Å². The first kappa shape index (κ1) is 21.3. The number of nitrogens with one attached hydrogen (secondary N) is 3. The lowest BCUT2D eigenvalue weighted by Gasteiger charge is -2.36. The summed E-state index contributed by atoms with van der Waals surface area (Å²) in [7, 11) is 0. The molecule has 2 heterocycles. The van der Waals surface area contributed by atoms with Crippen LogP contribution in [-0.4, -0.2) is 59.3 Å². The summed E-state index contributed by atoms with van der Waals surface area (Å²) >= 11 is 0. The standard InChI is InChI=1S/C22H24N6O4/c29-21(8-9-26-10-12-27(13-11-26)16-4-2-1-3-5-16)24-25-22(30)19-15-23-20-7-6-17(28(31)32)14-18(19)20/h1-7,14-15,23H,8-13H2,(H,24,29)(H,25,30). The molecule has 0 aliphatic carbocycles. The third-order valence-electron chi connectivity index (χ3n) is 5.58. The molecule has 166 valence electrons. The maximum atomic E-state index is 12.5. The second-order valence-corrected chi connectivity index (χ2v) is 7.61. The molecule has 2 aromatic carbocycles. The molecule has 3 N–H and O–H groups in total. The van der Waals surface area contributed by atoms with E-state index < -0.39 is 10.8 Å². The van der Waals surface area contributed by atoms with Crippen molar-refractivity contribution < 1.29 is 14.5 Å². The van der Waals surface area contributed by atoms with Gasteiger partial charge in [0.1, 0.15) is 0 Å². The fourth-order valence-electron chi connectivity index (χ4n) is 3.79. The smallest absolute Gasteiger partial charge is 0.271 e. The highest BCUT2D eigenvalue weighted by Crippen LogP contribution is 2.23. The van der Waals surface area contributed by atoms with Gasteiger partial charge in [-0.25, -0.2) is 0 Å². The van der Waals surface area contributed by atoms with Crippen LogP contribution in [0.25, 0.3) is 10.9 Å². The van der Waals surface area contributed by atoms with Gasteiger partial charge < -0.3 is 9.88 Å². The maximum absolute atomic E-state index is 12.5. The Bertz CT molecular complexity index is 1120. The second kappa shape index (κ2) is 9.48. The van der Waals surface area contributed by atoms with Crippen molar-refractivity contribution >= 4 is 34.1 Å². The second-order valence-electron chi connectivity index (χ2n) is 7.61. The van der Waals surface area contributed by atoms with E-state index in [1.165, 1.54) is 24.0 Å². The maximum Gasteiger partial charge on any atom is 0.271 e. The Balaban J connectivity index is 1.23. The topological polar surface area (TPSA) is 124 Å². The molecule has 10 nitrogen and oxygen atoms in total. The molecule has 32 heavy (non-hydrogen) atoms. The predicted octanol–water partition coefficient (Wildman–Crippen LogP) is 2.05. The quantitative estimate of drug-likeness (QED) is 0.401. The van der Waals surface area contributed by atoms with E-state index in [1.54, 1.807) is 6.07 Å². The first-order valence-electron chi connectivity index (χ1n) is 10.4. The first-order chi connectivity index (χ1) is 15.5. The molecule has 4 rings (SSSR count). The molecule has 0 saturated carbocycles. The van der Waals surface area contributed by atoms with Gasteiger partial charge in [-0.2, -0.15) is 0 Å². The number of hydrogen-bond acceptors (Lipinski definition) is 6. The lowest BCUT2D eigenvalue weighted by molar-refractivity contribution is -0.384. The number of rotatable bonds is 6. The molecule has 1 aliphatic rings. The normalized spacial score (nSPS) is 14.3. The lowest BCUT2D eigenvalue weighted by atomic mass is 10.1. The molecule has 0 unspecified atom stereocenters. The molecule has 0 bridgehead atoms. The molecule has 0 atom stereocenters. The van der Waals surface area contributed by atoms with Gasteiger partial charge in [0, 0.05) is 74.1 Å². The largest absolute Gasteiger partial charge is 0.369 e. The van der Waals surface area contributed by atoms with E-state index in [9.17, 15) is 19.7 Å². The van der Waals surface area contributed by atoms with E-state index >= 15 is 0 Å². The number of benzene rings is 2. The van der Waals surface area contributed by atoms with Crippen LogP contribution < -0.4 is 15.8 Å². The van der Waals surface area contributed by atoms with Crippen molar-refractivity contribution in [1.82, 2.24) is 20.7 Å². The van der Waals surface area contributed by atoms with Crippen LogP contribution in [-0.2, 0) is 4.79 Å². The third-order valence-corrected chi connectivity index (χ3v) is 5.58. The van der Waals surface area contributed by atoms with E-state index in [4.69, 9.17) is 0 Å². The SMILES string of the molecule is O=C(CCN1CCN(c2ccccc2)CC1)NNC(=O)c1c[nH]c2ccc([N+](=O)[O-])cc12. The van der Waals surface area contributed by atoms with Gasteiger partial charge in [-0.1, -0.05) is 18.2 Å². The minimum atomic E-state index is -0.540. The summed E-state index contributed by atoms with van der Waals surface area (Å²) in [5.74, 6) is -0.837. The van der Waals surface area contributed by atoms with Crippen LogP contribution in [0.2, 0.25) is 0 Å². The molecule has 10 heteroatoms. The number of piperazine rings is 1. The summed E-state index contributed by atoms with van der Waals surface area (Å²) < 4.78 is 0. The number of carbonyl (C=O) groups is 2. The number of hydrogen-bond donors (Lipinski definition) is 3. The fraction of sp³-hybridized carbons (Fsp3) is 0.273. The summed E-state index contributed by atoms with van der Waals surface area (Å²) in [4.78, 5) is 42.6. The van der Waals surface area contributed by atoms with Crippen molar-refractivity contribution in [2.75, 3.05) is 37.6 Å². The summed E-state index contributed by atoms with van der Waals surface area (Å²) in [6.45, 7) is 4.12. The number of non-ortho nitro benzene ring substituents is 1. The van der Waals surface area contributed by atoms with Crippen LogP contribution in [0.4, 0.5) is 11.4 Å². The summed E-state index contributed by atoms with van der Waals surface area (Å²) in [6.07, 6.45) is 1.72. The highest BCUT2D eigenvalue weighted by Gasteiger charge is 2.19. The van der Waals surface area contributed by atoms with E-state index in [2.05, 4.69) is 37.8 Å². The molecule has 3 aromatic rings. The Morgan fingerprint density at radius 1 is 1.03 bits per heavy atom. The molecular formula is C22H24N6O4. The highest BCUT2D eigenvalue weighted by molar-refractivity contribution is 6.07. The fourth-order valence-corrected chi connectivity index (χ4v) is 3.79. The van der Waals surface area contributed by atoms with Crippen molar-refractivity contribution in [2.24, 2.45) is 0 Å². The number of para-hydroxylation sites is 1. The molecule has 1 aromatic heterocycles. The summed E-state index contributed by atoms with van der Waals surface area (Å²) in [5.41, 5.74) is 6.73. The summed E-state index contributed by atoms with van der Waals surface area (Å²) in [6, 6.07) is 14.5. The number of anilines is 1. The number of nitro groups is 1. The van der Waals surface area contributed by atoms with Crippen LogP contribution in [0.15, 0.2) is 54.7 Å². The van der Waals surface area contributed by atoms with Gasteiger partial charge in [0.15, 0.2) is 0 Å². The van der Waals surface area contributed by atoms with Crippen molar-refractivity contribution in [3.05, 3.63) is 70.4 Å². The zero-order chi connectivity index (χ0) is 22.5. The molecule has 0 spiro atoms.